The lowest BCUT2D eigenvalue weighted by molar-refractivity contribution is -0.274. The van der Waals surface area contributed by atoms with E-state index < -0.39 is 30.4 Å². The first kappa shape index (κ1) is 26.1. The molecule has 3 atom stereocenters. The maximum Gasteiger partial charge on any atom is 0.573 e. The highest BCUT2D eigenvalue weighted by Gasteiger charge is 2.38. The fourth-order valence-electron chi connectivity index (χ4n) is 4.48. The van der Waals surface area contributed by atoms with Gasteiger partial charge < -0.3 is 24.8 Å². The highest BCUT2D eigenvalue weighted by Crippen LogP contribution is 2.35. The number of rotatable bonds is 7. The molecule has 36 heavy (non-hydrogen) atoms. The molecule has 13 heteroatoms. The lowest BCUT2D eigenvalue weighted by Gasteiger charge is -2.36. The van der Waals surface area contributed by atoms with Crippen LogP contribution in [0.15, 0.2) is 30.5 Å². The van der Waals surface area contributed by atoms with Crippen molar-refractivity contribution in [2.45, 2.75) is 51.2 Å². The molecule has 2 saturated heterocycles. The smallest absolute Gasteiger partial charge is 0.447 e. The van der Waals surface area contributed by atoms with E-state index in [4.69, 9.17) is 16.3 Å². The Bertz CT molecular complexity index is 1080. The number of aromatic nitrogens is 2. The van der Waals surface area contributed by atoms with Crippen LogP contribution < -0.4 is 19.9 Å². The molecule has 0 saturated carbocycles. The van der Waals surface area contributed by atoms with Crippen molar-refractivity contribution in [3.05, 3.63) is 35.5 Å². The first-order valence-corrected chi connectivity index (χ1v) is 11.9. The number of amides is 1. The number of benzene rings is 1. The molecule has 1 amide bonds. The zero-order valence-corrected chi connectivity index (χ0v) is 20.5. The van der Waals surface area contributed by atoms with Gasteiger partial charge in [-0.05, 0) is 50.8 Å². The van der Waals surface area contributed by atoms with Crippen LogP contribution in [-0.4, -0.2) is 65.4 Å². The van der Waals surface area contributed by atoms with Gasteiger partial charge in [-0.1, -0.05) is 11.6 Å². The Morgan fingerprint density at radius 2 is 1.97 bits per heavy atom. The van der Waals surface area contributed by atoms with E-state index in [-0.39, 0.29) is 23.6 Å². The topological polar surface area (TPSA) is 100 Å². The number of piperidine rings is 1. The van der Waals surface area contributed by atoms with Crippen LogP contribution in [0.2, 0.25) is 5.02 Å². The number of hydrogen-bond acceptors (Lipinski definition) is 8. The molecule has 1 aromatic heterocycles. The molecule has 3 heterocycles. The third kappa shape index (κ3) is 6.04. The van der Waals surface area contributed by atoms with Crippen molar-refractivity contribution in [2.75, 3.05) is 34.8 Å². The lowest BCUT2D eigenvalue weighted by atomic mass is 9.90. The Labute approximate surface area is 211 Å². The van der Waals surface area contributed by atoms with Gasteiger partial charge in [0.1, 0.15) is 24.2 Å². The third-order valence-corrected chi connectivity index (χ3v) is 6.77. The lowest BCUT2D eigenvalue weighted by Crippen LogP contribution is -2.41. The van der Waals surface area contributed by atoms with Crippen LogP contribution in [0.5, 0.6) is 5.75 Å². The number of cyclic esters (lactones) is 1. The van der Waals surface area contributed by atoms with Crippen molar-refractivity contribution in [3.8, 4) is 5.75 Å². The second-order valence-corrected chi connectivity index (χ2v) is 9.32. The molecule has 0 radical (unpaired) electrons. The average Bonchev–Trinajstić information content (AvgIpc) is 3.21. The molecule has 2 unspecified atom stereocenters. The van der Waals surface area contributed by atoms with Crippen LogP contribution >= 0.6 is 11.6 Å². The SMILES string of the molecule is CC(Nc1nccc(N2C(=O)OC[C@@H]2C(C)O)n1)C1CCN(c2ccc(Cl)c(OC(F)(F)F)c2)CC1. The molecule has 0 aliphatic carbocycles. The van der Waals surface area contributed by atoms with Gasteiger partial charge in [-0.3, -0.25) is 4.90 Å². The summed E-state index contributed by atoms with van der Waals surface area (Å²) < 4.78 is 47.1. The summed E-state index contributed by atoms with van der Waals surface area (Å²) in [4.78, 5) is 24.2. The number of aliphatic hydroxyl groups is 1. The van der Waals surface area contributed by atoms with Crippen molar-refractivity contribution >= 4 is 35.1 Å². The number of nitrogens with one attached hydrogen (secondary N) is 1. The van der Waals surface area contributed by atoms with Crippen LogP contribution in [0, 0.1) is 5.92 Å². The second-order valence-electron chi connectivity index (χ2n) is 8.91. The summed E-state index contributed by atoms with van der Waals surface area (Å²) in [6.45, 7) is 4.95. The Morgan fingerprint density at radius 3 is 2.64 bits per heavy atom. The van der Waals surface area contributed by atoms with E-state index in [0.29, 0.717) is 30.5 Å². The summed E-state index contributed by atoms with van der Waals surface area (Å²) in [5.74, 6) is 0.518. The fraction of sp³-hybridized carbons (Fsp3) is 0.522. The van der Waals surface area contributed by atoms with Crippen molar-refractivity contribution in [2.24, 2.45) is 5.92 Å². The Morgan fingerprint density at radius 1 is 1.25 bits per heavy atom. The van der Waals surface area contributed by atoms with E-state index in [0.717, 1.165) is 12.8 Å². The van der Waals surface area contributed by atoms with E-state index in [2.05, 4.69) is 20.0 Å². The molecular weight excluding hydrogens is 503 g/mol. The van der Waals surface area contributed by atoms with E-state index in [9.17, 15) is 23.1 Å². The molecular formula is C23H27ClF3N5O4. The van der Waals surface area contributed by atoms with Gasteiger partial charge in [0.05, 0.1) is 11.1 Å². The van der Waals surface area contributed by atoms with Gasteiger partial charge in [-0.2, -0.15) is 4.98 Å². The fourth-order valence-corrected chi connectivity index (χ4v) is 4.63. The monoisotopic (exact) mass is 529 g/mol. The number of carbonyl (C=O) groups is 1. The summed E-state index contributed by atoms with van der Waals surface area (Å²) in [5, 5.41) is 13.2. The van der Waals surface area contributed by atoms with Gasteiger partial charge in [0.25, 0.3) is 0 Å². The van der Waals surface area contributed by atoms with Crippen LogP contribution in [0.1, 0.15) is 26.7 Å². The first-order chi connectivity index (χ1) is 17.0. The summed E-state index contributed by atoms with van der Waals surface area (Å²) in [6.07, 6.45) is -3.07. The van der Waals surface area contributed by atoms with Gasteiger partial charge in [0.2, 0.25) is 5.95 Å². The molecule has 196 valence electrons. The van der Waals surface area contributed by atoms with E-state index >= 15 is 0 Å². The van der Waals surface area contributed by atoms with Crippen LogP contribution in [0.25, 0.3) is 0 Å². The van der Waals surface area contributed by atoms with Crippen LogP contribution in [0.3, 0.4) is 0 Å². The van der Waals surface area contributed by atoms with Crippen LogP contribution in [-0.2, 0) is 4.74 Å². The predicted molar refractivity (Wildman–Crippen MR) is 127 cm³/mol. The number of nitrogens with zero attached hydrogens (tertiary/aromatic N) is 4. The quantitative estimate of drug-likeness (QED) is 0.542. The van der Waals surface area contributed by atoms with Gasteiger partial charge in [0, 0.05) is 37.1 Å². The molecule has 1 aromatic carbocycles. The minimum atomic E-state index is -4.82. The number of ether oxygens (including phenoxy) is 2. The average molecular weight is 530 g/mol. The molecule has 2 N–H and O–H groups in total. The second kappa shape index (κ2) is 10.6. The van der Waals surface area contributed by atoms with Gasteiger partial charge in [-0.25, -0.2) is 9.78 Å². The Kier molecular flexibility index (Phi) is 7.65. The summed E-state index contributed by atoms with van der Waals surface area (Å²) in [7, 11) is 0. The van der Waals surface area contributed by atoms with Crippen molar-refractivity contribution in [1.29, 1.82) is 0 Å². The van der Waals surface area contributed by atoms with Crippen molar-refractivity contribution in [1.82, 2.24) is 9.97 Å². The minimum Gasteiger partial charge on any atom is -0.447 e. The normalized spacial score (nSPS) is 20.8. The summed E-state index contributed by atoms with van der Waals surface area (Å²) in [5.41, 5.74) is 0.610. The Hall–Kier alpha value is -2.99. The zero-order chi connectivity index (χ0) is 26.0. The number of alkyl halides is 3. The molecule has 2 aliphatic rings. The predicted octanol–water partition coefficient (Wildman–Crippen LogP) is 4.45. The molecule has 0 spiro atoms. The molecule has 0 bridgehead atoms. The van der Waals surface area contributed by atoms with Crippen molar-refractivity contribution in [3.63, 3.8) is 0 Å². The number of anilines is 3. The maximum absolute atomic E-state index is 12.7. The highest BCUT2D eigenvalue weighted by atomic mass is 35.5. The van der Waals surface area contributed by atoms with Gasteiger partial charge >= 0.3 is 12.5 Å². The van der Waals surface area contributed by atoms with Gasteiger partial charge in [0.15, 0.2) is 0 Å². The third-order valence-electron chi connectivity index (χ3n) is 6.46. The molecule has 2 fully saturated rings. The largest absolute Gasteiger partial charge is 0.573 e. The first-order valence-electron chi connectivity index (χ1n) is 11.6. The zero-order valence-electron chi connectivity index (χ0n) is 19.7. The number of carbonyl (C=O) groups excluding carboxylic acids is 1. The van der Waals surface area contributed by atoms with E-state index in [1.165, 1.54) is 23.2 Å². The summed E-state index contributed by atoms with van der Waals surface area (Å²) in [6, 6.07) is 5.43. The molecule has 4 rings (SSSR count). The number of halogens is 4. The van der Waals surface area contributed by atoms with Crippen LogP contribution in [0.4, 0.5) is 35.4 Å². The maximum atomic E-state index is 12.7. The molecule has 2 aliphatic heterocycles. The van der Waals surface area contributed by atoms with E-state index in [1.54, 1.807) is 19.1 Å². The molecule has 2 aromatic rings. The minimum absolute atomic E-state index is 0.00478. The number of aliphatic hydroxyl groups excluding tert-OH is 1. The number of hydrogen-bond donors (Lipinski definition) is 2. The van der Waals surface area contributed by atoms with Gasteiger partial charge in [-0.15, -0.1) is 13.2 Å². The summed E-state index contributed by atoms with van der Waals surface area (Å²) >= 11 is 5.86. The highest BCUT2D eigenvalue weighted by molar-refractivity contribution is 6.32. The standard InChI is InChI=1S/C23H27ClF3N5O4/c1-13(29-21-28-8-5-20(30-21)32-18(14(2)33)12-35-22(32)34)15-6-9-31(10-7-15)16-3-4-17(24)19(11-16)36-23(25,26)27/h3-5,8,11,13-15,18,33H,6-7,9-10,12H2,1-2H3,(H,28,29,30)/t13?,14?,18-/m1/s1. The molecule has 9 nitrogen and oxygen atoms in total. The van der Waals surface area contributed by atoms with Crippen molar-refractivity contribution < 1.29 is 32.5 Å². The Balaban J connectivity index is 1.37. The van der Waals surface area contributed by atoms with E-state index in [1.807, 2.05) is 11.8 Å².